The lowest BCUT2D eigenvalue weighted by Gasteiger charge is -2.30. The van der Waals surface area contributed by atoms with Crippen LogP contribution in [0.2, 0.25) is 5.02 Å². The lowest BCUT2D eigenvalue weighted by molar-refractivity contribution is -0.133. The van der Waals surface area contributed by atoms with E-state index >= 15 is 0 Å². The molecule has 4 rings (SSSR count). The Morgan fingerprint density at radius 2 is 1.82 bits per heavy atom. The summed E-state index contributed by atoms with van der Waals surface area (Å²) in [5.74, 6) is -0.254. The molecule has 0 bridgehead atoms. The number of benzene rings is 1. The molecule has 1 fully saturated rings. The maximum absolute atomic E-state index is 12.7. The van der Waals surface area contributed by atoms with Gasteiger partial charge in [-0.3, -0.25) is 4.79 Å². The minimum absolute atomic E-state index is 0.119. The third-order valence-electron chi connectivity index (χ3n) is 6.10. The van der Waals surface area contributed by atoms with Crippen LogP contribution in [0.1, 0.15) is 54.6 Å². The van der Waals surface area contributed by atoms with E-state index in [0.717, 1.165) is 17.7 Å². The fourth-order valence-corrected chi connectivity index (χ4v) is 5.02. The third-order valence-corrected chi connectivity index (χ3v) is 6.47. The van der Waals surface area contributed by atoms with Crippen molar-refractivity contribution in [1.82, 2.24) is 9.47 Å². The quantitative estimate of drug-likeness (QED) is 0.782. The highest BCUT2D eigenvalue weighted by atomic mass is 35.5. The van der Waals surface area contributed by atoms with Crippen LogP contribution in [-0.4, -0.2) is 33.0 Å². The van der Waals surface area contributed by atoms with E-state index in [1.165, 1.54) is 25.7 Å². The molecule has 6 heteroatoms. The van der Waals surface area contributed by atoms with Crippen LogP contribution >= 0.6 is 11.6 Å². The van der Waals surface area contributed by atoms with Crippen molar-refractivity contribution >= 4 is 23.5 Å². The van der Waals surface area contributed by atoms with Crippen LogP contribution in [0.4, 0.5) is 0 Å². The molecule has 1 aromatic heterocycles. The van der Waals surface area contributed by atoms with Crippen LogP contribution in [0.15, 0.2) is 30.3 Å². The lowest BCUT2D eigenvalue weighted by Crippen LogP contribution is -2.38. The van der Waals surface area contributed by atoms with Crippen molar-refractivity contribution in [2.75, 3.05) is 6.54 Å². The number of rotatable bonds is 5. The van der Waals surface area contributed by atoms with Gasteiger partial charge in [0.2, 0.25) is 5.91 Å². The standard InChI is InChI=1S/C22H25ClN2O3/c23-20-19(22(27)28)17-14-24(18(26)11-10-15-6-4-5-7-15)12-13-25(17)21(20)16-8-2-1-3-9-16/h1-3,8-9,15H,4-7,10-14H2,(H,27,28). The number of hydrogen-bond donors (Lipinski definition) is 1. The first kappa shape index (κ1) is 19.1. The van der Waals surface area contributed by atoms with Gasteiger partial charge in [0, 0.05) is 19.5 Å². The fraction of sp³-hybridized carbons (Fsp3) is 0.455. The van der Waals surface area contributed by atoms with Gasteiger partial charge in [0.25, 0.3) is 0 Å². The summed E-state index contributed by atoms with van der Waals surface area (Å²) >= 11 is 6.52. The van der Waals surface area contributed by atoms with Crippen molar-refractivity contribution in [1.29, 1.82) is 0 Å². The zero-order valence-electron chi connectivity index (χ0n) is 15.9. The highest BCUT2D eigenvalue weighted by Crippen LogP contribution is 2.38. The Kier molecular flexibility index (Phi) is 5.44. The summed E-state index contributed by atoms with van der Waals surface area (Å²) in [5.41, 5.74) is 2.36. The Morgan fingerprint density at radius 3 is 2.50 bits per heavy atom. The summed E-state index contributed by atoms with van der Waals surface area (Å²) in [5, 5.41) is 10.0. The number of carboxylic acids is 1. The molecule has 1 amide bonds. The molecule has 148 valence electrons. The Balaban J connectivity index is 1.59. The summed E-state index contributed by atoms with van der Waals surface area (Å²) in [6.07, 6.45) is 6.51. The predicted octanol–water partition coefficient (Wildman–Crippen LogP) is 4.82. The number of carbonyl (C=O) groups excluding carboxylic acids is 1. The van der Waals surface area contributed by atoms with Gasteiger partial charge in [0.05, 0.1) is 23.0 Å². The molecule has 0 radical (unpaired) electrons. The van der Waals surface area contributed by atoms with Gasteiger partial charge in [-0.1, -0.05) is 67.6 Å². The van der Waals surface area contributed by atoms with E-state index in [0.29, 0.717) is 37.7 Å². The Hall–Kier alpha value is -2.27. The molecule has 2 aromatic rings. The Morgan fingerprint density at radius 1 is 1.11 bits per heavy atom. The second-order valence-corrected chi connectivity index (χ2v) is 8.19. The molecule has 1 saturated carbocycles. The second kappa shape index (κ2) is 8.00. The van der Waals surface area contributed by atoms with Crippen molar-refractivity contribution in [3.05, 3.63) is 46.6 Å². The number of fused-ring (bicyclic) bond motifs is 1. The molecule has 2 heterocycles. The maximum Gasteiger partial charge on any atom is 0.339 e. The molecule has 0 spiro atoms. The number of aromatic carboxylic acids is 1. The van der Waals surface area contributed by atoms with Crippen molar-refractivity contribution in [2.45, 2.75) is 51.6 Å². The molecule has 28 heavy (non-hydrogen) atoms. The van der Waals surface area contributed by atoms with E-state index in [4.69, 9.17) is 11.6 Å². The first-order valence-electron chi connectivity index (χ1n) is 10.0. The lowest BCUT2D eigenvalue weighted by atomic mass is 10.0. The Labute approximate surface area is 169 Å². The van der Waals surface area contributed by atoms with E-state index in [1.54, 1.807) is 4.90 Å². The molecular weight excluding hydrogens is 376 g/mol. The minimum Gasteiger partial charge on any atom is -0.478 e. The largest absolute Gasteiger partial charge is 0.478 e. The SMILES string of the molecule is O=C(O)c1c(Cl)c(-c2ccccc2)n2c1CN(C(=O)CCC1CCCC1)CC2. The summed E-state index contributed by atoms with van der Waals surface area (Å²) in [6.45, 7) is 1.44. The van der Waals surface area contributed by atoms with Crippen LogP contribution in [0.25, 0.3) is 11.3 Å². The summed E-state index contributed by atoms with van der Waals surface area (Å²) < 4.78 is 1.97. The second-order valence-electron chi connectivity index (χ2n) is 7.81. The van der Waals surface area contributed by atoms with E-state index < -0.39 is 5.97 Å². The van der Waals surface area contributed by atoms with Gasteiger partial charge in [0.15, 0.2) is 0 Å². The maximum atomic E-state index is 12.7. The van der Waals surface area contributed by atoms with Gasteiger partial charge in [-0.2, -0.15) is 0 Å². The van der Waals surface area contributed by atoms with E-state index in [-0.39, 0.29) is 16.5 Å². The number of amides is 1. The highest BCUT2D eigenvalue weighted by Gasteiger charge is 2.32. The number of carboxylic acid groups (broad SMARTS) is 1. The zero-order chi connectivity index (χ0) is 19.7. The molecule has 0 saturated heterocycles. The number of aromatic nitrogens is 1. The van der Waals surface area contributed by atoms with Crippen LogP contribution in [0.3, 0.4) is 0 Å². The van der Waals surface area contributed by atoms with Gasteiger partial charge in [-0.15, -0.1) is 0 Å². The molecule has 1 aromatic carbocycles. The third kappa shape index (κ3) is 3.55. The fourth-order valence-electron chi connectivity index (χ4n) is 4.62. The molecule has 5 nitrogen and oxygen atoms in total. The van der Waals surface area contributed by atoms with Gasteiger partial charge >= 0.3 is 5.97 Å². The molecule has 1 aliphatic heterocycles. The van der Waals surface area contributed by atoms with Crippen molar-refractivity contribution in [3.63, 3.8) is 0 Å². The van der Waals surface area contributed by atoms with Crippen LogP contribution in [-0.2, 0) is 17.9 Å². The highest BCUT2D eigenvalue weighted by molar-refractivity contribution is 6.36. The van der Waals surface area contributed by atoms with Crippen molar-refractivity contribution in [3.8, 4) is 11.3 Å². The molecule has 1 aliphatic carbocycles. The number of hydrogen-bond acceptors (Lipinski definition) is 2. The molecule has 2 aliphatic rings. The number of nitrogens with zero attached hydrogens (tertiary/aromatic N) is 2. The summed E-state index contributed by atoms with van der Waals surface area (Å²) in [6, 6.07) is 9.60. The van der Waals surface area contributed by atoms with Gasteiger partial charge in [0.1, 0.15) is 5.56 Å². The monoisotopic (exact) mass is 400 g/mol. The van der Waals surface area contributed by atoms with Crippen molar-refractivity contribution in [2.24, 2.45) is 5.92 Å². The van der Waals surface area contributed by atoms with Crippen LogP contribution in [0, 0.1) is 5.92 Å². The van der Waals surface area contributed by atoms with Crippen LogP contribution < -0.4 is 0 Å². The average Bonchev–Trinajstić information content (AvgIpc) is 3.31. The van der Waals surface area contributed by atoms with Gasteiger partial charge in [-0.05, 0) is 17.9 Å². The normalized spacial score (nSPS) is 17.0. The summed E-state index contributed by atoms with van der Waals surface area (Å²) in [4.78, 5) is 26.5. The molecular formula is C22H25ClN2O3. The van der Waals surface area contributed by atoms with Gasteiger partial charge in [-0.25, -0.2) is 4.79 Å². The van der Waals surface area contributed by atoms with E-state index in [9.17, 15) is 14.7 Å². The number of halogens is 1. The smallest absolute Gasteiger partial charge is 0.339 e. The molecule has 0 atom stereocenters. The molecule has 1 N–H and O–H groups in total. The van der Waals surface area contributed by atoms with E-state index in [2.05, 4.69) is 0 Å². The first-order valence-corrected chi connectivity index (χ1v) is 10.4. The van der Waals surface area contributed by atoms with Gasteiger partial charge < -0.3 is 14.6 Å². The van der Waals surface area contributed by atoms with E-state index in [1.807, 2.05) is 34.9 Å². The summed E-state index contributed by atoms with van der Waals surface area (Å²) in [7, 11) is 0. The zero-order valence-corrected chi connectivity index (χ0v) is 16.6. The topological polar surface area (TPSA) is 62.5 Å². The minimum atomic E-state index is -1.05. The first-order chi connectivity index (χ1) is 13.6. The number of carbonyl (C=O) groups is 2. The average molecular weight is 401 g/mol. The Bertz CT molecular complexity index is 885. The molecule has 0 unspecified atom stereocenters. The van der Waals surface area contributed by atoms with Crippen LogP contribution in [0.5, 0.6) is 0 Å². The van der Waals surface area contributed by atoms with Crippen molar-refractivity contribution < 1.29 is 14.7 Å². The predicted molar refractivity (Wildman–Crippen MR) is 108 cm³/mol.